The number of anilines is 1. The standard InChI is InChI=1S/C18H19NO3S/c20-15(11-10-12-6-2-1-3-7-12)19-17-16(18(21)22)13-8-4-5-9-14(13)23-17/h1-3,6-7H,4-5,8-11H2,(H,19,20)(H,21,22)/p-1. The van der Waals surface area contributed by atoms with Crippen LogP contribution in [-0.2, 0) is 24.1 Å². The summed E-state index contributed by atoms with van der Waals surface area (Å²) in [6.07, 6.45) is 4.68. The predicted octanol–water partition coefficient (Wildman–Crippen LogP) is 2.56. The van der Waals surface area contributed by atoms with Crippen LogP contribution in [0.5, 0.6) is 0 Å². The third-order valence-corrected chi connectivity index (χ3v) is 5.32. The van der Waals surface area contributed by atoms with Crippen LogP contribution in [0.1, 0.15) is 45.6 Å². The first kappa shape index (κ1) is 15.7. The zero-order valence-corrected chi connectivity index (χ0v) is 13.6. The molecule has 1 N–H and O–H groups in total. The van der Waals surface area contributed by atoms with E-state index < -0.39 is 5.97 Å². The van der Waals surface area contributed by atoms with Gasteiger partial charge in [0.1, 0.15) is 5.00 Å². The summed E-state index contributed by atoms with van der Waals surface area (Å²) >= 11 is 1.39. The summed E-state index contributed by atoms with van der Waals surface area (Å²) in [6.45, 7) is 0. The molecule has 1 aromatic carbocycles. The molecule has 1 heterocycles. The fraction of sp³-hybridized carbons (Fsp3) is 0.333. The number of aryl methyl sites for hydroxylation is 2. The number of nitrogens with one attached hydrogen (secondary N) is 1. The van der Waals surface area contributed by atoms with Gasteiger partial charge in [0, 0.05) is 16.9 Å². The van der Waals surface area contributed by atoms with E-state index in [9.17, 15) is 14.7 Å². The number of benzene rings is 1. The van der Waals surface area contributed by atoms with E-state index >= 15 is 0 Å². The van der Waals surface area contributed by atoms with Crippen LogP contribution >= 0.6 is 11.3 Å². The first-order valence-corrected chi connectivity index (χ1v) is 8.66. The summed E-state index contributed by atoms with van der Waals surface area (Å²) in [4.78, 5) is 24.7. The van der Waals surface area contributed by atoms with Crippen molar-refractivity contribution in [2.45, 2.75) is 38.5 Å². The lowest BCUT2D eigenvalue weighted by Gasteiger charge is -2.13. The Bertz CT molecular complexity index is 721. The second kappa shape index (κ2) is 6.96. The van der Waals surface area contributed by atoms with Crippen molar-refractivity contribution >= 4 is 28.2 Å². The highest BCUT2D eigenvalue weighted by Gasteiger charge is 2.22. The van der Waals surface area contributed by atoms with Gasteiger partial charge in [-0.3, -0.25) is 4.79 Å². The quantitative estimate of drug-likeness (QED) is 0.917. The molecule has 0 fully saturated rings. The number of carboxylic acids is 1. The average molecular weight is 328 g/mol. The van der Waals surface area contributed by atoms with Crippen LogP contribution in [0, 0.1) is 0 Å². The lowest BCUT2D eigenvalue weighted by atomic mass is 9.95. The minimum Gasteiger partial charge on any atom is -0.545 e. The summed E-state index contributed by atoms with van der Waals surface area (Å²) in [7, 11) is 0. The van der Waals surface area contributed by atoms with E-state index in [0.717, 1.165) is 41.7 Å². The van der Waals surface area contributed by atoms with Crippen LogP contribution in [-0.4, -0.2) is 11.9 Å². The van der Waals surface area contributed by atoms with Crippen molar-refractivity contribution in [2.75, 3.05) is 5.32 Å². The minimum atomic E-state index is -1.19. The molecule has 1 aliphatic carbocycles. The fourth-order valence-corrected chi connectivity index (χ4v) is 4.26. The summed E-state index contributed by atoms with van der Waals surface area (Å²) in [5.41, 5.74) is 2.14. The van der Waals surface area contributed by atoms with E-state index in [1.54, 1.807) is 0 Å². The van der Waals surface area contributed by atoms with Gasteiger partial charge in [0.25, 0.3) is 0 Å². The molecule has 1 aliphatic rings. The zero-order valence-electron chi connectivity index (χ0n) is 12.8. The van der Waals surface area contributed by atoms with Crippen molar-refractivity contribution in [3.8, 4) is 0 Å². The zero-order chi connectivity index (χ0) is 16.2. The number of amides is 1. The second-order valence-corrected chi connectivity index (χ2v) is 6.84. The van der Waals surface area contributed by atoms with E-state index in [-0.39, 0.29) is 11.5 Å². The molecule has 0 spiro atoms. The third kappa shape index (κ3) is 3.62. The van der Waals surface area contributed by atoms with Crippen LogP contribution in [0.4, 0.5) is 5.00 Å². The maximum atomic E-state index is 12.2. The Morgan fingerprint density at radius 1 is 1.13 bits per heavy atom. The van der Waals surface area contributed by atoms with Crippen molar-refractivity contribution in [1.29, 1.82) is 0 Å². The summed E-state index contributed by atoms with van der Waals surface area (Å²) in [5, 5.41) is 14.7. The number of fused-ring (bicyclic) bond motifs is 1. The topological polar surface area (TPSA) is 69.2 Å². The van der Waals surface area contributed by atoms with Gasteiger partial charge in [0.05, 0.1) is 5.97 Å². The highest BCUT2D eigenvalue weighted by Crippen LogP contribution is 2.37. The van der Waals surface area contributed by atoms with E-state index in [1.165, 1.54) is 11.3 Å². The van der Waals surface area contributed by atoms with Crippen molar-refractivity contribution in [3.05, 3.63) is 51.9 Å². The number of rotatable bonds is 5. The van der Waals surface area contributed by atoms with Crippen molar-refractivity contribution < 1.29 is 14.7 Å². The molecule has 0 saturated carbocycles. The highest BCUT2D eigenvalue weighted by molar-refractivity contribution is 7.17. The molecule has 0 saturated heterocycles. The van der Waals surface area contributed by atoms with Crippen LogP contribution in [0.15, 0.2) is 30.3 Å². The van der Waals surface area contributed by atoms with Gasteiger partial charge < -0.3 is 15.2 Å². The molecule has 0 unspecified atom stereocenters. The molecule has 0 radical (unpaired) electrons. The molecule has 3 rings (SSSR count). The molecule has 1 amide bonds. The SMILES string of the molecule is O=C(CCc1ccccc1)Nc1sc2c(c1C(=O)[O-])CCCC2. The van der Waals surface area contributed by atoms with E-state index in [1.807, 2.05) is 30.3 Å². The number of carboxylic acid groups (broad SMARTS) is 1. The first-order valence-electron chi connectivity index (χ1n) is 7.85. The minimum absolute atomic E-state index is 0.157. The van der Waals surface area contributed by atoms with Gasteiger partial charge in [-0.1, -0.05) is 30.3 Å². The van der Waals surface area contributed by atoms with Crippen molar-refractivity contribution in [3.63, 3.8) is 0 Å². The number of aromatic carboxylic acids is 1. The Kier molecular flexibility index (Phi) is 4.76. The smallest absolute Gasteiger partial charge is 0.225 e. The lowest BCUT2D eigenvalue weighted by Crippen LogP contribution is -2.25. The Balaban J connectivity index is 1.71. The van der Waals surface area contributed by atoms with Gasteiger partial charge in [0.2, 0.25) is 5.91 Å². The monoisotopic (exact) mass is 328 g/mol. The maximum Gasteiger partial charge on any atom is 0.225 e. The van der Waals surface area contributed by atoms with Gasteiger partial charge in [-0.05, 0) is 43.2 Å². The molecule has 120 valence electrons. The number of carbonyl (C=O) groups excluding carboxylic acids is 2. The first-order chi connectivity index (χ1) is 11.1. The van der Waals surface area contributed by atoms with Crippen LogP contribution in [0.2, 0.25) is 0 Å². The number of carbonyl (C=O) groups is 2. The van der Waals surface area contributed by atoms with E-state index in [2.05, 4.69) is 5.32 Å². The summed E-state index contributed by atoms with van der Waals surface area (Å²) in [6, 6.07) is 9.77. The Labute approximate surface area is 139 Å². The van der Waals surface area contributed by atoms with Gasteiger partial charge in [-0.25, -0.2) is 0 Å². The predicted molar refractivity (Wildman–Crippen MR) is 88.7 cm³/mol. The lowest BCUT2D eigenvalue weighted by molar-refractivity contribution is -0.254. The highest BCUT2D eigenvalue weighted by atomic mass is 32.1. The van der Waals surface area contributed by atoms with E-state index in [0.29, 0.717) is 17.8 Å². The third-order valence-electron chi connectivity index (χ3n) is 4.11. The van der Waals surface area contributed by atoms with Gasteiger partial charge >= 0.3 is 0 Å². The molecule has 0 bridgehead atoms. The molecule has 23 heavy (non-hydrogen) atoms. The number of hydrogen-bond acceptors (Lipinski definition) is 4. The Morgan fingerprint density at radius 2 is 1.87 bits per heavy atom. The molecule has 1 aromatic heterocycles. The summed E-state index contributed by atoms with van der Waals surface area (Å²) in [5.74, 6) is -1.35. The van der Waals surface area contributed by atoms with E-state index in [4.69, 9.17) is 0 Å². The Hall–Kier alpha value is -2.14. The summed E-state index contributed by atoms with van der Waals surface area (Å²) < 4.78 is 0. The average Bonchev–Trinajstić information content (AvgIpc) is 2.91. The van der Waals surface area contributed by atoms with Crippen LogP contribution in [0.25, 0.3) is 0 Å². The van der Waals surface area contributed by atoms with Crippen LogP contribution < -0.4 is 10.4 Å². The molecule has 0 atom stereocenters. The molecule has 2 aromatic rings. The molecule has 0 aliphatic heterocycles. The van der Waals surface area contributed by atoms with Gasteiger partial charge in [0.15, 0.2) is 0 Å². The van der Waals surface area contributed by atoms with Crippen molar-refractivity contribution in [1.82, 2.24) is 0 Å². The fourth-order valence-electron chi connectivity index (χ4n) is 2.96. The van der Waals surface area contributed by atoms with Crippen LogP contribution in [0.3, 0.4) is 0 Å². The van der Waals surface area contributed by atoms with Gasteiger partial charge in [-0.15, -0.1) is 11.3 Å². The largest absolute Gasteiger partial charge is 0.545 e. The number of hydrogen-bond donors (Lipinski definition) is 1. The molecular formula is C18H18NO3S-. The Morgan fingerprint density at radius 3 is 2.61 bits per heavy atom. The van der Waals surface area contributed by atoms with Gasteiger partial charge in [-0.2, -0.15) is 0 Å². The van der Waals surface area contributed by atoms with Crippen molar-refractivity contribution in [2.24, 2.45) is 0 Å². The second-order valence-electron chi connectivity index (χ2n) is 5.74. The molecule has 5 heteroatoms. The molecular weight excluding hydrogens is 310 g/mol. The maximum absolute atomic E-state index is 12.2. The number of thiophene rings is 1. The molecule has 4 nitrogen and oxygen atoms in total. The normalized spacial score (nSPS) is 13.4.